The molecule has 0 radical (unpaired) electrons. The molecule has 1 aromatic carbocycles. The van der Waals surface area contributed by atoms with Crippen molar-refractivity contribution in [3.8, 4) is 5.75 Å². The van der Waals surface area contributed by atoms with E-state index < -0.39 is 5.91 Å². The Morgan fingerprint density at radius 2 is 2.25 bits per heavy atom. The Bertz CT molecular complexity index is 430. The molecule has 0 spiro atoms. The maximum Gasteiger partial charge on any atom is 0.248 e. The third-order valence-electron chi connectivity index (χ3n) is 3.12. The van der Waals surface area contributed by atoms with Crippen molar-refractivity contribution in [1.82, 2.24) is 0 Å². The maximum atomic E-state index is 11.0. The van der Waals surface area contributed by atoms with Gasteiger partial charge >= 0.3 is 0 Å². The van der Waals surface area contributed by atoms with Crippen LogP contribution >= 0.6 is 0 Å². The molecule has 2 rings (SSSR count). The van der Waals surface area contributed by atoms with Crippen LogP contribution in [-0.2, 0) is 9.47 Å². The summed E-state index contributed by atoms with van der Waals surface area (Å²) in [7, 11) is 0. The van der Waals surface area contributed by atoms with E-state index in [9.17, 15) is 4.79 Å². The molecule has 2 N–H and O–H groups in total. The Labute approximate surface area is 119 Å². The van der Waals surface area contributed by atoms with E-state index in [0.29, 0.717) is 24.5 Å². The predicted octanol–water partition coefficient (Wildman–Crippen LogP) is 2.10. The monoisotopic (exact) mass is 279 g/mol. The van der Waals surface area contributed by atoms with Crippen molar-refractivity contribution in [3.05, 3.63) is 29.8 Å². The summed E-state index contributed by atoms with van der Waals surface area (Å²) >= 11 is 0. The molecule has 5 nitrogen and oxygen atoms in total. The van der Waals surface area contributed by atoms with Gasteiger partial charge in [0.1, 0.15) is 5.75 Å². The molecule has 1 atom stereocenters. The highest BCUT2D eigenvalue weighted by atomic mass is 16.7. The smallest absolute Gasteiger partial charge is 0.248 e. The second-order valence-electron chi connectivity index (χ2n) is 4.76. The van der Waals surface area contributed by atoms with Gasteiger partial charge in [0.2, 0.25) is 5.91 Å². The summed E-state index contributed by atoms with van der Waals surface area (Å²) in [4.78, 5) is 11.0. The van der Waals surface area contributed by atoms with Crippen LogP contribution in [0.5, 0.6) is 5.75 Å². The Morgan fingerprint density at radius 3 is 3.00 bits per heavy atom. The van der Waals surface area contributed by atoms with Gasteiger partial charge in [0.15, 0.2) is 6.29 Å². The Morgan fingerprint density at radius 1 is 1.35 bits per heavy atom. The first-order valence-corrected chi connectivity index (χ1v) is 7.01. The highest BCUT2D eigenvalue weighted by Crippen LogP contribution is 2.15. The highest BCUT2D eigenvalue weighted by molar-refractivity contribution is 5.93. The van der Waals surface area contributed by atoms with E-state index >= 15 is 0 Å². The zero-order chi connectivity index (χ0) is 14.2. The van der Waals surface area contributed by atoms with E-state index in [-0.39, 0.29) is 6.29 Å². The molecule has 20 heavy (non-hydrogen) atoms. The van der Waals surface area contributed by atoms with Gasteiger partial charge in [0.05, 0.1) is 13.2 Å². The molecular weight excluding hydrogens is 258 g/mol. The number of carbonyl (C=O) groups excluding carboxylic acids is 1. The van der Waals surface area contributed by atoms with Crippen LogP contribution in [0, 0.1) is 0 Å². The maximum absolute atomic E-state index is 11.0. The van der Waals surface area contributed by atoms with Gasteiger partial charge in [0.25, 0.3) is 0 Å². The lowest BCUT2D eigenvalue weighted by atomic mass is 10.2. The molecule has 1 amide bonds. The van der Waals surface area contributed by atoms with E-state index in [0.717, 1.165) is 25.9 Å². The van der Waals surface area contributed by atoms with Gasteiger partial charge in [-0.3, -0.25) is 4.79 Å². The molecule has 1 heterocycles. The number of hydrogen-bond acceptors (Lipinski definition) is 4. The van der Waals surface area contributed by atoms with E-state index in [4.69, 9.17) is 19.9 Å². The average molecular weight is 279 g/mol. The number of primary amides is 1. The van der Waals surface area contributed by atoms with Crippen molar-refractivity contribution in [2.45, 2.75) is 32.0 Å². The first-order valence-electron chi connectivity index (χ1n) is 7.01. The molecule has 0 saturated carbocycles. The predicted molar refractivity (Wildman–Crippen MR) is 74.6 cm³/mol. The standard InChI is InChI=1S/C15H21NO4/c16-15(17)12-5-3-6-13(11-12)18-9-4-10-20-14-7-1-2-8-19-14/h3,5-6,11,14H,1-2,4,7-10H2,(H2,16,17). The van der Waals surface area contributed by atoms with Crippen LogP contribution in [0.1, 0.15) is 36.0 Å². The van der Waals surface area contributed by atoms with Gasteiger partial charge in [-0.1, -0.05) is 6.07 Å². The third-order valence-corrected chi connectivity index (χ3v) is 3.12. The van der Waals surface area contributed by atoms with Gasteiger partial charge in [-0.2, -0.15) is 0 Å². The van der Waals surface area contributed by atoms with E-state index in [1.54, 1.807) is 24.3 Å². The van der Waals surface area contributed by atoms with Gasteiger partial charge in [-0.05, 0) is 37.5 Å². The highest BCUT2D eigenvalue weighted by Gasteiger charge is 2.13. The summed E-state index contributed by atoms with van der Waals surface area (Å²) in [5.41, 5.74) is 5.67. The minimum Gasteiger partial charge on any atom is -0.493 e. The normalized spacial score (nSPS) is 18.7. The van der Waals surface area contributed by atoms with Crippen molar-refractivity contribution < 1.29 is 19.0 Å². The summed E-state index contributed by atoms with van der Waals surface area (Å²) in [6.07, 6.45) is 3.99. The van der Waals surface area contributed by atoms with E-state index in [2.05, 4.69) is 0 Å². The second-order valence-corrected chi connectivity index (χ2v) is 4.76. The molecule has 1 aliphatic heterocycles. The lowest BCUT2D eigenvalue weighted by molar-refractivity contribution is -0.163. The summed E-state index contributed by atoms with van der Waals surface area (Å²) in [5, 5.41) is 0. The molecular formula is C15H21NO4. The zero-order valence-corrected chi connectivity index (χ0v) is 11.5. The SMILES string of the molecule is NC(=O)c1cccc(OCCCOC2CCCCO2)c1. The van der Waals surface area contributed by atoms with Crippen LogP contribution in [0.3, 0.4) is 0 Å². The first-order chi connectivity index (χ1) is 9.75. The fourth-order valence-electron chi connectivity index (χ4n) is 2.05. The van der Waals surface area contributed by atoms with Crippen LogP contribution in [0.4, 0.5) is 0 Å². The number of amides is 1. The van der Waals surface area contributed by atoms with Gasteiger partial charge in [-0.15, -0.1) is 0 Å². The number of benzene rings is 1. The number of rotatable bonds is 7. The third kappa shape index (κ3) is 4.83. The molecule has 5 heteroatoms. The molecule has 0 aliphatic carbocycles. The van der Waals surface area contributed by atoms with Crippen LogP contribution in [0.2, 0.25) is 0 Å². The minimum atomic E-state index is -0.451. The Balaban J connectivity index is 1.63. The number of carbonyl (C=O) groups is 1. The van der Waals surface area contributed by atoms with Gasteiger partial charge < -0.3 is 19.9 Å². The van der Waals surface area contributed by atoms with Crippen molar-refractivity contribution in [1.29, 1.82) is 0 Å². The molecule has 110 valence electrons. The van der Waals surface area contributed by atoms with Crippen LogP contribution in [0.15, 0.2) is 24.3 Å². The lowest BCUT2D eigenvalue weighted by Crippen LogP contribution is -2.23. The summed E-state index contributed by atoms with van der Waals surface area (Å²) in [5.74, 6) is 0.198. The topological polar surface area (TPSA) is 70.8 Å². The van der Waals surface area contributed by atoms with Crippen molar-refractivity contribution in [2.24, 2.45) is 5.73 Å². The molecule has 0 bridgehead atoms. The fourth-order valence-corrected chi connectivity index (χ4v) is 2.05. The Hall–Kier alpha value is -1.59. The van der Waals surface area contributed by atoms with Gasteiger partial charge in [0, 0.05) is 18.6 Å². The fraction of sp³-hybridized carbons (Fsp3) is 0.533. The van der Waals surface area contributed by atoms with Crippen molar-refractivity contribution in [3.63, 3.8) is 0 Å². The largest absolute Gasteiger partial charge is 0.493 e. The van der Waals surface area contributed by atoms with Crippen molar-refractivity contribution >= 4 is 5.91 Å². The molecule has 1 saturated heterocycles. The van der Waals surface area contributed by atoms with E-state index in [1.807, 2.05) is 0 Å². The molecule has 1 fully saturated rings. The summed E-state index contributed by atoms with van der Waals surface area (Å²) in [6.45, 7) is 1.94. The summed E-state index contributed by atoms with van der Waals surface area (Å²) < 4.78 is 16.6. The average Bonchev–Trinajstić information content (AvgIpc) is 2.48. The zero-order valence-electron chi connectivity index (χ0n) is 11.5. The van der Waals surface area contributed by atoms with Crippen LogP contribution in [-0.4, -0.2) is 32.0 Å². The van der Waals surface area contributed by atoms with Crippen molar-refractivity contribution in [2.75, 3.05) is 19.8 Å². The van der Waals surface area contributed by atoms with Gasteiger partial charge in [-0.25, -0.2) is 0 Å². The first kappa shape index (κ1) is 14.8. The quantitative estimate of drug-likeness (QED) is 0.776. The Kier molecular flexibility index (Phi) is 5.83. The minimum absolute atomic E-state index is 0.0538. The lowest BCUT2D eigenvalue weighted by Gasteiger charge is -2.22. The molecule has 1 aliphatic rings. The van der Waals surface area contributed by atoms with Crippen LogP contribution in [0.25, 0.3) is 0 Å². The second kappa shape index (κ2) is 7.87. The number of hydrogen-bond donors (Lipinski definition) is 1. The van der Waals surface area contributed by atoms with Crippen LogP contribution < -0.4 is 10.5 Å². The molecule has 1 unspecified atom stereocenters. The number of nitrogens with two attached hydrogens (primary N) is 1. The van der Waals surface area contributed by atoms with E-state index in [1.165, 1.54) is 6.42 Å². The molecule has 0 aromatic heterocycles. The molecule has 1 aromatic rings. The summed E-state index contributed by atoms with van der Waals surface area (Å²) in [6, 6.07) is 6.87. The number of ether oxygens (including phenoxy) is 3.